The van der Waals surface area contributed by atoms with Crippen molar-refractivity contribution >= 4 is 11.9 Å². The third kappa shape index (κ3) is 3.51. The van der Waals surface area contributed by atoms with Crippen LogP contribution in [0, 0.1) is 5.82 Å². The molecule has 2 rings (SSSR count). The molecule has 1 aromatic carbocycles. The molecule has 102 valence electrons. The number of halogens is 1. The first kappa shape index (κ1) is 13.5. The van der Waals surface area contributed by atoms with Gasteiger partial charge in [-0.2, -0.15) is 0 Å². The smallest absolute Gasteiger partial charge is 0.318 e. The van der Waals surface area contributed by atoms with Gasteiger partial charge in [0.25, 0.3) is 0 Å². The molecule has 0 aromatic heterocycles. The molecule has 1 atom stereocenters. The largest absolute Gasteiger partial charge is 0.351 e. The minimum atomic E-state index is -0.845. The predicted octanol–water partition coefficient (Wildman–Crippen LogP) is 1.16. The normalized spacial score (nSPS) is 19.3. The lowest BCUT2D eigenvalue weighted by Gasteiger charge is -2.23. The molecular weight excluding hydrogens is 249 g/mol. The van der Waals surface area contributed by atoms with Gasteiger partial charge in [0.1, 0.15) is 5.82 Å². The molecule has 1 aliphatic heterocycles. The summed E-state index contributed by atoms with van der Waals surface area (Å²) >= 11 is 0. The Kier molecular flexibility index (Phi) is 4.11. The number of nitrogens with one attached hydrogen (secondary N) is 1. The molecule has 0 bridgehead atoms. The van der Waals surface area contributed by atoms with Crippen molar-refractivity contribution in [2.24, 2.45) is 5.73 Å². The number of hydrogen-bond acceptors (Lipinski definition) is 3. The molecule has 0 spiro atoms. The first-order valence-corrected chi connectivity index (χ1v) is 6.15. The molecule has 0 radical (unpaired) electrons. The number of nitrogens with zero attached hydrogens (tertiary/aromatic N) is 1. The molecule has 5 nitrogen and oxygen atoms in total. The lowest BCUT2D eigenvalue weighted by atomic mass is 10.0. The van der Waals surface area contributed by atoms with Gasteiger partial charge in [-0.05, 0) is 37.1 Å². The number of hydrogen-bond donors (Lipinski definition) is 2. The first-order chi connectivity index (χ1) is 9.06. The Balaban J connectivity index is 2.02. The fourth-order valence-electron chi connectivity index (χ4n) is 2.44. The van der Waals surface area contributed by atoms with E-state index in [1.165, 1.54) is 12.1 Å². The summed E-state index contributed by atoms with van der Waals surface area (Å²) in [5, 5.41) is 2.05. The summed E-state index contributed by atoms with van der Waals surface area (Å²) in [4.78, 5) is 24.1. The first-order valence-electron chi connectivity index (χ1n) is 6.15. The Labute approximate surface area is 110 Å². The maximum absolute atomic E-state index is 12.9. The highest BCUT2D eigenvalue weighted by Crippen LogP contribution is 2.31. The van der Waals surface area contributed by atoms with Gasteiger partial charge in [0.2, 0.25) is 5.91 Å². The van der Waals surface area contributed by atoms with Gasteiger partial charge in [-0.3, -0.25) is 15.0 Å². The molecule has 1 fully saturated rings. The fraction of sp³-hybridized carbons (Fsp3) is 0.385. The van der Waals surface area contributed by atoms with Crippen LogP contribution in [-0.4, -0.2) is 29.9 Å². The van der Waals surface area contributed by atoms with Gasteiger partial charge in [-0.25, -0.2) is 9.18 Å². The van der Waals surface area contributed by atoms with Crippen LogP contribution in [0.1, 0.15) is 24.4 Å². The zero-order valence-electron chi connectivity index (χ0n) is 10.4. The van der Waals surface area contributed by atoms with E-state index in [1.807, 2.05) is 10.2 Å². The van der Waals surface area contributed by atoms with Crippen LogP contribution in [0.2, 0.25) is 0 Å². The molecular formula is C13H16FN3O2. The molecule has 3 amide bonds. The molecule has 6 heteroatoms. The summed E-state index contributed by atoms with van der Waals surface area (Å²) in [5.74, 6) is -0.693. The second kappa shape index (κ2) is 5.79. The van der Waals surface area contributed by atoms with Gasteiger partial charge in [-0.1, -0.05) is 12.1 Å². The summed E-state index contributed by atoms with van der Waals surface area (Å²) in [6, 6.07) is 5.51. The van der Waals surface area contributed by atoms with Gasteiger partial charge in [0.15, 0.2) is 0 Å². The highest BCUT2D eigenvalue weighted by molar-refractivity contribution is 5.94. The molecule has 1 aliphatic rings. The lowest BCUT2D eigenvalue weighted by Crippen LogP contribution is -2.42. The average molecular weight is 265 g/mol. The monoisotopic (exact) mass is 265 g/mol. The van der Waals surface area contributed by atoms with Crippen molar-refractivity contribution in [3.8, 4) is 0 Å². The molecule has 1 saturated heterocycles. The van der Waals surface area contributed by atoms with Crippen molar-refractivity contribution in [1.82, 2.24) is 10.2 Å². The Bertz CT molecular complexity index is 475. The van der Waals surface area contributed by atoms with Crippen molar-refractivity contribution in [3.05, 3.63) is 35.6 Å². The summed E-state index contributed by atoms with van der Waals surface area (Å²) in [6.07, 6.45) is 1.88. The maximum Gasteiger partial charge on any atom is 0.318 e. The summed E-state index contributed by atoms with van der Waals surface area (Å²) in [6.45, 7) is 0.888. The minimum Gasteiger partial charge on any atom is -0.351 e. The van der Waals surface area contributed by atoms with Crippen molar-refractivity contribution < 1.29 is 14.0 Å². The highest BCUT2D eigenvalue weighted by Gasteiger charge is 2.27. The number of benzene rings is 1. The van der Waals surface area contributed by atoms with Crippen LogP contribution < -0.4 is 11.1 Å². The number of primary amides is 1. The van der Waals surface area contributed by atoms with E-state index in [1.54, 1.807) is 12.1 Å². The maximum atomic E-state index is 12.9. The number of rotatable bonds is 3. The fourth-order valence-corrected chi connectivity index (χ4v) is 2.44. The number of urea groups is 1. The topological polar surface area (TPSA) is 75.4 Å². The third-order valence-corrected chi connectivity index (χ3v) is 3.23. The molecule has 1 heterocycles. The number of carbonyl (C=O) groups is 2. The van der Waals surface area contributed by atoms with Crippen molar-refractivity contribution in [1.29, 1.82) is 0 Å². The van der Waals surface area contributed by atoms with Gasteiger partial charge >= 0.3 is 6.03 Å². The molecule has 3 N–H and O–H groups in total. The van der Waals surface area contributed by atoms with E-state index < -0.39 is 11.9 Å². The summed E-state index contributed by atoms with van der Waals surface area (Å²) in [5.41, 5.74) is 5.88. The molecule has 1 aromatic rings. The zero-order chi connectivity index (χ0) is 13.8. The number of carbonyl (C=O) groups excluding carboxylic acids is 2. The van der Waals surface area contributed by atoms with Crippen molar-refractivity contribution in [2.75, 3.05) is 13.1 Å². The van der Waals surface area contributed by atoms with Crippen LogP contribution in [-0.2, 0) is 4.79 Å². The molecule has 0 saturated carbocycles. The van der Waals surface area contributed by atoms with E-state index in [9.17, 15) is 14.0 Å². The van der Waals surface area contributed by atoms with Crippen LogP contribution in [0.5, 0.6) is 0 Å². The molecule has 0 aliphatic carbocycles. The number of nitrogens with two attached hydrogens (primary N) is 1. The second-order valence-electron chi connectivity index (χ2n) is 4.59. The van der Waals surface area contributed by atoms with Crippen molar-refractivity contribution in [2.45, 2.75) is 18.9 Å². The van der Waals surface area contributed by atoms with E-state index in [-0.39, 0.29) is 18.4 Å². The van der Waals surface area contributed by atoms with Crippen molar-refractivity contribution in [3.63, 3.8) is 0 Å². The van der Waals surface area contributed by atoms with Crippen LogP contribution in [0.3, 0.4) is 0 Å². The number of likely N-dealkylation sites (tertiary alicyclic amines) is 1. The summed E-state index contributed by atoms with van der Waals surface area (Å²) < 4.78 is 12.9. The van der Waals surface area contributed by atoms with Crippen LogP contribution >= 0.6 is 0 Å². The third-order valence-electron chi connectivity index (χ3n) is 3.23. The van der Waals surface area contributed by atoms with E-state index in [0.29, 0.717) is 0 Å². The SMILES string of the molecule is NC(=O)NC(=O)CN1CCCC1c1ccc(F)cc1. The average Bonchev–Trinajstić information content (AvgIpc) is 2.77. The highest BCUT2D eigenvalue weighted by atomic mass is 19.1. The zero-order valence-corrected chi connectivity index (χ0v) is 10.4. The Morgan fingerprint density at radius 3 is 2.68 bits per heavy atom. The minimum absolute atomic E-state index is 0.0826. The van der Waals surface area contributed by atoms with E-state index in [4.69, 9.17) is 5.73 Å². The standard InChI is InChI=1S/C13H16FN3O2/c14-10-5-3-9(4-6-10)11-2-1-7-17(11)8-12(18)16-13(15)19/h3-6,11H,1-2,7-8H2,(H3,15,16,18,19). The summed E-state index contributed by atoms with van der Waals surface area (Å²) in [7, 11) is 0. The van der Waals surface area contributed by atoms with E-state index in [2.05, 4.69) is 0 Å². The Morgan fingerprint density at radius 2 is 2.05 bits per heavy atom. The predicted molar refractivity (Wildman–Crippen MR) is 67.7 cm³/mol. The second-order valence-corrected chi connectivity index (χ2v) is 4.59. The Morgan fingerprint density at radius 1 is 1.37 bits per heavy atom. The number of imide groups is 1. The van der Waals surface area contributed by atoms with Crippen LogP contribution in [0.25, 0.3) is 0 Å². The van der Waals surface area contributed by atoms with Gasteiger partial charge in [-0.15, -0.1) is 0 Å². The molecule has 1 unspecified atom stereocenters. The molecule has 19 heavy (non-hydrogen) atoms. The lowest BCUT2D eigenvalue weighted by molar-refractivity contribution is -0.121. The van der Waals surface area contributed by atoms with Gasteiger partial charge in [0.05, 0.1) is 6.54 Å². The van der Waals surface area contributed by atoms with Gasteiger partial charge < -0.3 is 5.73 Å². The quantitative estimate of drug-likeness (QED) is 0.861. The van der Waals surface area contributed by atoms with Crippen LogP contribution in [0.15, 0.2) is 24.3 Å². The van der Waals surface area contributed by atoms with Crippen LogP contribution in [0.4, 0.5) is 9.18 Å². The Hall–Kier alpha value is -1.95. The van der Waals surface area contributed by atoms with Gasteiger partial charge in [0, 0.05) is 6.04 Å². The van der Waals surface area contributed by atoms with E-state index in [0.717, 1.165) is 24.9 Å². The number of amides is 3. The van der Waals surface area contributed by atoms with E-state index >= 15 is 0 Å².